The van der Waals surface area contributed by atoms with Crippen LogP contribution in [0.3, 0.4) is 0 Å². The van der Waals surface area contributed by atoms with Gasteiger partial charge in [0.15, 0.2) is 11.5 Å². The van der Waals surface area contributed by atoms with Crippen LogP contribution in [-0.2, 0) is 0 Å². The van der Waals surface area contributed by atoms with E-state index in [4.69, 9.17) is 15.5 Å². The summed E-state index contributed by atoms with van der Waals surface area (Å²) >= 11 is 0. The summed E-state index contributed by atoms with van der Waals surface area (Å²) in [6.45, 7) is 1.16. The fourth-order valence-corrected chi connectivity index (χ4v) is 4.75. The van der Waals surface area contributed by atoms with Gasteiger partial charge in [0.1, 0.15) is 23.0 Å². The van der Waals surface area contributed by atoms with E-state index in [2.05, 4.69) is 10.2 Å². The van der Waals surface area contributed by atoms with Crippen LogP contribution in [0.1, 0.15) is 30.9 Å². The molecule has 6 rings (SSSR count). The van der Waals surface area contributed by atoms with Gasteiger partial charge in [0.25, 0.3) is 0 Å². The SMILES string of the molecule is Cl.Cl.N[C@H]1CCN([C@H](c2ccc3nnc(-c4ccc5cccc(OCC6CC6)c5n4)n3c2)C(F)(F)F)C1. The van der Waals surface area contributed by atoms with Gasteiger partial charge in [-0.1, -0.05) is 24.3 Å². The van der Waals surface area contributed by atoms with Crippen LogP contribution >= 0.6 is 24.8 Å². The van der Waals surface area contributed by atoms with E-state index >= 15 is 0 Å². The number of fused-ring (bicyclic) bond motifs is 2. The molecular weight excluding hydrogens is 528 g/mol. The second-order valence-electron chi connectivity index (χ2n) is 9.48. The van der Waals surface area contributed by atoms with E-state index in [0.29, 0.717) is 53.9 Å². The number of benzene rings is 1. The van der Waals surface area contributed by atoms with Gasteiger partial charge in [-0.05, 0) is 48.9 Å². The minimum absolute atomic E-state index is 0. The number of hydrogen-bond donors (Lipinski definition) is 1. The zero-order valence-corrected chi connectivity index (χ0v) is 21.4. The van der Waals surface area contributed by atoms with Gasteiger partial charge in [0.05, 0.1) is 6.61 Å². The summed E-state index contributed by atoms with van der Waals surface area (Å²) in [7, 11) is 0. The van der Waals surface area contributed by atoms with E-state index in [9.17, 15) is 13.2 Å². The molecule has 0 unspecified atom stereocenters. The number of ether oxygens (including phenoxy) is 1. The number of rotatable bonds is 6. The molecule has 2 aliphatic rings. The smallest absolute Gasteiger partial charge is 0.408 e. The molecule has 12 heteroatoms. The molecule has 4 aromatic rings. The quantitative estimate of drug-likeness (QED) is 0.352. The Kier molecular flexibility index (Phi) is 7.85. The van der Waals surface area contributed by atoms with Gasteiger partial charge in [-0.25, -0.2) is 4.98 Å². The lowest BCUT2D eigenvalue weighted by molar-refractivity contribution is -0.183. The highest BCUT2D eigenvalue weighted by Gasteiger charge is 2.46. The second kappa shape index (κ2) is 10.6. The second-order valence-corrected chi connectivity index (χ2v) is 9.48. The molecule has 4 heterocycles. The Morgan fingerprint density at radius 1 is 1.03 bits per heavy atom. The number of alkyl halides is 3. The van der Waals surface area contributed by atoms with E-state index < -0.39 is 12.2 Å². The van der Waals surface area contributed by atoms with Crippen molar-refractivity contribution in [2.75, 3.05) is 19.7 Å². The van der Waals surface area contributed by atoms with Crippen LogP contribution in [0.4, 0.5) is 13.2 Å². The molecular formula is C25H27Cl2F3N6O. The van der Waals surface area contributed by atoms with Crippen LogP contribution in [-0.4, -0.2) is 56.4 Å². The highest BCUT2D eigenvalue weighted by atomic mass is 35.5. The summed E-state index contributed by atoms with van der Waals surface area (Å²) < 4.78 is 50.0. The maximum Gasteiger partial charge on any atom is 0.408 e. The predicted molar refractivity (Wildman–Crippen MR) is 139 cm³/mol. The summed E-state index contributed by atoms with van der Waals surface area (Å²) in [6, 6.07) is 10.5. The first-order chi connectivity index (χ1) is 16.9. The molecule has 1 aliphatic heterocycles. The number of nitrogens with zero attached hydrogens (tertiary/aromatic N) is 5. The van der Waals surface area contributed by atoms with Crippen LogP contribution in [0.25, 0.3) is 28.1 Å². The third kappa shape index (κ3) is 5.47. The first-order valence-corrected chi connectivity index (χ1v) is 11.8. The summed E-state index contributed by atoms with van der Waals surface area (Å²) in [4.78, 5) is 6.18. The summed E-state index contributed by atoms with van der Waals surface area (Å²) in [5, 5.41) is 9.33. The zero-order valence-electron chi connectivity index (χ0n) is 19.8. The standard InChI is InChI=1S/C25H25F3N6O.2ClH/c26-25(27,28)23(33-11-10-18(29)13-33)17-7-9-21-31-32-24(34(21)12-17)19-8-6-16-2-1-3-20(22(16)30-19)35-14-15-4-5-15;;/h1-3,6-9,12,15,18,23H,4-5,10-11,13-14,29H2;2*1H/t18-,23+;;/m0../s1. The summed E-state index contributed by atoms with van der Waals surface area (Å²) in [5.41, 5.74) is 7.67. The fraction of sp³-hybridized carbons (Fsp3) is 0.400. The van der Waals surface area contributed by atoms with E-state index in [1.165, 1.54) is 30.0 Å². The molecule has 3 aromatic heterocycles. The van der Waals surface area contributed by atoms with Crippen molar-refractivity contribution in [2.24, 2.45) is 11.7 Å². The minimum Gasteiger partial charge on any atom is -0.491 e. The van der Waals surface area contributed by atoms with Crippen molar-refractivity contribution in [2.45, 2.75) is 37.5 Å². The largest absolute Gasteiger partial charge is 0.491 e. The Balaban J connectivity index is 0.00000160. The third-order valence-corrected chi connectivity index (χ3v) is 6.76. The third-order valence-electron chi connectivity index (χ3n) is 6.76. The number of aromatic nitrogens is 4. The van der Waals surface area contributed by atoms with Gasteiger partial charge >= 0.3 is 6.18 Å². The number of halogens is 5. The Morgan fingerprint density at radius 2 is 1.84 bits per heavy atom. The average molecular weight is 555 g/mol. The lowest BCUT2D eigenvalue weighted by Crippen LogP contribution is -2.38. The molecule has 1 saturated carbocycles. The topological polar surface area (TPSA) is 81.6 Å². The van der Waals surface area contributed by atoms with Crippen LogP contribution in [0.5, 0.6) is 5.75 Å². The monoisotopic (exact) mass is 554 g/mol. The summed E-state index contributed by atoms with van der Waals surface area (Å²) in [5.74, 6) is 1.66. The Labute approximate surface area is 224 Å². The van der Waals surface area contributed by atoms with Gasteiger partial charge in [0, 0.05) is 30.7 Å². The maximum atomic E-state index is 14.1. The van der Waals surface area contributed by atoms with E-state index in [1.807, 2.05) is 24.3 Å². The van der Waals surface area contributed by atoms with Crippen molar-refractivity contribution in [3.05, 3.63) is 54.2 Å². The average Bonchev–Trinajstić information content (AvgIpc) is 3.42. The molecule has 2 N–H and O–H groups in total. The molecule has 0 spiro atoms. The van der Waals surface area contributed by atoms with Crippen molar-refractivity contribution in [1.82, 2.24) is 24.5 Å². The zero-order chi connectivity index (χ0) is 24.2. The number of para-hydroxylation sites is 1. The fourth-order valence-electron chi connectivity index (χ4n) is 4.75. The molecule has 37 heavy (non-hydrogen) atoms. The molecule has 198 valence electrons. The van der Waals surface area contributed by atoms with Gasteiger partial charge in [-0.2, -0.15) is 13.2 Å². The van der Waals surface area contributed by atoms with Gasteiger partial charge in [-0.3, -0.25) is 9.30 Å². The first kappa shape index (κ1) is 27.4. The molecule has 1 aliphatic carbocycles. The van der Waals surface area contributed by atoms with Gasteiger partial charge in [-0.15, -0.1) is 35.0 Å². The Hall–Kier alpha value is -2.66. The molecule has 2 fully saturated rings. The molecule has 1 saturated heterocycles. The Bertz CT molecular complexity index is 1390. The molecule has 0 amide bonds. The van der Waals surface area contributed by atoms with Crippen LogP contribution in [0.15, 0.2) is 48.7 Å². The van der Waals surface area contributed by atoms with Gasteiger partial charge < -0.3 is 10.5 Å². The Morgan fingerprint density at radius 3 is 2.54 bits per heavy atom. The molecule has 2 atom stereocenters. The number of hydrogen-bond acceptors (Lipinski definition) is 6. The van der Waals surface area contributed by atoms with E-state index in [1.54, 1.807) is 16.5 Å². The predicted octanol–water partition coefficient (Wildman–Crippen LogP) is 5.21. The highest BCUT2D eigenvalue weighted by molar-refractivity contribution is 5.86. The number of nitrogens with two attached hydrogens (primary N) is 1. The van der Waals surface area contributed by atoms with E-state index in [0.717, 1.165) is 5.39 Å². The van der Waals surface area contributed by atoms with Crippen molar-refractivity contribution >= 4 is 41.4 Å². The molecule has 1 aromatic carbocycles. The lowest BCUT2D eigenvalue weighted by Gasteiger charge is -2.30. The highest BCUT2D eigenvalue weighted by Crippen LogP contribution is 2.39. The van der Waals surface area contributed by atoms with Crippen LogP contribution in [0.2, 0.25) is 0 Å². The van der Waals surface area contributed by atoms with E-state index in [-0.39, 0.29) is 43.0 Å². The van der Waals surface area contributed by atoms with Gasteiger partial charge in [0.2, 0.25) is 0 Å². The van der Waals surface area contributed by atoms with Crippen molar-refractivity contribution in [3.8, 4) is 17.3 Å². The number of likely N-dealkylation sites (tertiary alicyclic amines) is 1. The number of pyridine rings is 2. The van der Waals surface area contributed by atoms with Crippen molar-refractivity contribution < 1.29 is 17.9 Å². The van der Waals surface area contributed by atoms with Crippen molar-refractivity contribution in [1.29, 1.82) is 0 Å². The molecule has 7 nitrogen and oxygen atoms in total. The van der Waals surface area contributed by atoms with Crippen LogP contribution < -0.4 is 10.5 Å². The normalized spacial score (nSPS) is 19.0. The minimum atomic E-state index is -4.44. The van der Waals surface area contributed by atoms with Crippen molar-refractivity contribution in [3.63, 3.8) is 0 Å². The van der Waals surface area contributed by atoms with Crippen LogP contribution in [0, 0.1) is 5.92 Å². The lowest BCUT2D eigenvalue weighted by atomic mass is 10.1. The first-order valence-electron chi connectivity index (χ1n) is 11.8. The molecule has 0 radical (unpaired) electrons. The maximum absolute atomic E-state index is 14.1. The summed E-state index contributed by atoms with van der Waals surface area (Å²) in [6.07, 6.45) is -0.0760. The molecule has 0 bridgehead atoms.